The largest absolute Gasteiger partial charge is 0.394 e. The average Bonchev–Trinajstić information content (AvgIpc) is 2.94. The Balaban J connectivity index is 2.22. The number of anilines is 2. The average molecular weight is 265 g/mol. The molecule has 0 saturated carbocycles. The van der Waals surface area contributed by atoms with Gasteiger partial charge in [-0.1, -0.05) is 6.92 Å². The maximum Gasteiger partial charge on any atom is 0.148 e. The van der Waals surface area contributed by atoms with Gasteiger partial charge in [0, 0.05) is 18.1 Å². The van der Waals surface area contributed by atoms with E-state index >= 15 is 0 Å². The summed E-state index contributed by atoms with van der Waals surface area (Å²) in [5, 5.41) is 10.9. The number of aryl methyl sites for hydroxylation is 2. The Morgan fingerprint density at radius 1 is 1.56 bits per heavy atom. The lowest BCUT2D eigenvalue weighted by atomic mass is 10.3. The molecule has 0 spiro atoms. The number of nitrogens with one attached hydrogen (secondary N) is 1. The first-order valence-electron chi connectivity index (χ1n) is 6.12. The highest BCUT2D eigenvalue weighted by Crippen LogP contribution is 2.27. The van der Waals surface area contributed by atoms with Crippen molar-refractivity contribution < 1.29 is 0 Å². The lowest BCUT2D eigenvalue weighted by Crippen LogP contribution is -2.12. The third kappa shape index (κ3) is 2.48. The molecule has 0 aliphatic heterocycles. The molecule has 18 heavy (non-hydrogen) atoms. The van der Waals surface area contributed by atoms with Crippen LogP contribution in [0.25, 0.3) is 0 Å². The third-order valence-corrected chi connectivity index (χ3v) is 3.74. The fraction of sp³-hybridized carbons (Fsp3) is 0.500. The van der Waals surface area contributed by atoms with E-state index in [0.717, 1.165) is 35.2 Å². The van der Waals surface area contributed by atoms with E-state index in [9.17, 15) is 0 Å². The topological polar surface area (TPSA) is 68.8 Å². The maximum absolute atomic E-state index is 6.07. The lowest BCUT2D eigenvalue weighted by molar-refractivity contribution is 0.599. The van der Waals surface area contributed by atoms with Crippen LogP contribution in [0.4, 0.5) is 11.5 Å². The smallest absolute Gasteiger partial charge is 0.148 e. The Hall–Kier alpha value is -1.56. The van der Waals surface area contributed by atoms with E-state index in [0.29, 0.717) is 0 Å². The highest BCUT2D eigenvalue weighted by Gasteiger charge is 2.16. The molecule has 0 radical (unpaired) electrons. The molecule has 0 bridgehead atoms. The van der Waals surface area contributed by atoms with Gasteiger partial charge in [0.15, 0.2) is 0 Å². The van der Waals surface area contributed by atoms with Crippen LogP contribution in [0.5, 0.6) is 0 Å². The molecule has 2 rings (SSSR count). The number of thiazole rings is 1. The SMILES string of the molecule is CCCn1nc(C)c(N)c1NC(C)c1nccs1. The molecule has 0 aromatic carbocycles. The molecule has 0 aliphatic carbocycles. The van der Waals surface area contributed by atoms with Crippen LogP contribution in [0.3, 0.4) is 0 Å². The molecule has 2 aromatic heterocycles. The van der Waals surface area contributed by atoms with Gasteiger partial charge in [-0.3, -0.25) is 0 Å². The number of nitrogens with zero attached hydrogens (tertiary/aromatic N) is 3. The highest BCUT2D eigenvalue weighted by molar-refractivity contribution is 7.09. The second-order valence-electron chi connectivity index (χ2n) is 4.31. The van der Waals surface area contributed by atoms with Crippen LogP contribution >= 0.6 is 11.3 Å². The predicted octanol–water partition coefficient (Wildman–Crippen LogP) is 2.81. The molecule has 2 aromatic rings. The summed E-state index contributed by atoms with van der Waals surface area (Å²) in [5.41, 5.74) is 7.67. The zero-order valence-corrected chi connectivity index (χ0v) is 11.8. The zero-order chi connectivity index (χ0) is 13.1. The summed E-state index contributed by atoms with van der Waals surface area (Å²) in [4.78, 5) is 4.31. The standard InChI is InChI=1S/C12H19N5S/c1-4-6-17-11(10(13)8(2)16-17)15-9(3)12-14-5-7-18-12/h5,7,9,15H,4,6,13H2,1-3H3. The van der Waals surface area contributed by atoms with Crippen LogP contribution in [0.15, 0.2) is 11.6 Å². The Labute approximate surface area is 111 Å². The monoisotopic (exact) mass is 265 g/mol. The molecule has 0 amide bonds. The molecule has 98 valence electrons. The van der Waals surface area contributed by atoms with E-state index in [-0.39, 0.29) is 6.04 Å². The van der Waals surface area contributed by atoms with Gasteiger partial charge in [0.1, 0.15) is 10.8 Å². The van der Waals surface area contributed by atoms with Crippen molar-refractivity contribution in [3.05, 3.63) is 22.3 Å². The minimum absolute atomic E-state index is 0.138. The van der Waals surface area contributed by atoms with E-state index in [2.05, 4.69) is 29.2 Å². The Morgan fingerprint density at radius 3 is 2.94 bits per heavy atom. The Kier molecular flexibility index (Phi) is 3.86. The first-order valence-corrected chi connectivity index (χ1v) is 7.00. The van der Waals surface area contributed by atoms with Crippen LogP contribution in [0.2, 0.25) is 0 Å². The second kappa shape index (κ2) is 5.39. The van der Waals surface area contributed by atoms with E-state index in [1.54, 1.807) is 11.3 Å². The van der Waals surface area contributed by atoms with Crippen molar-refractivity contribution >= 4 is 22.8 Å². The second-order valence-corrected chi connectivity index (χ2v) is 5.23. The van der Waals surface area contributed by atoms with Crippen LogP contribution in [0, 0.1) is 6.92 Å². The van der Waals surface area contributed by atoms with E-state index in [1.165, 1.54) is 0 Å². The molecule has 0 aliphatic rings. The number of nitrogen functional groups attached to an aromatic ring is 1. The van der Waals surface area contributed by atoms with Gasteiger partial charge in [0.25, 0.3) is 0 Å². The fourth-order valence-electron chi connectivity index (χ4n) is 1.84. The van der Waals surface area contributed by atoms with Gasteiger partial charge < -0.3 is 11.1 Å². The number of rotatable bonds is 5. The maximum atomic E-state index is 6.07. The van der Waals surface area contributed by atoms with E-state index < -0.39 is 0 Å². The minimum Gasteiger partial charge on any atom is -0.394 e. The molecule has 3 N–H and O–H groups in total. The van der Waals surface area contributed by atoms with Crippen LogP contribution < -0.4 is 11.1 Å². The van der Waals surface area contributed by atoms with Gasteiger partial charge >= 0.3 is 0 Å². The molecule has 1 unspecified atom stereocenters. The zero-order valence-electron chi connectivity index (χ0n) is 11.0. The fourth-order valence-corrected chi connectivity index (χ4v) is 2.48. The van der Waals surface area contributed by atoms with Crippen molar-refractivity contribution in [3.63, 3.8) is 0 Å². The minimum atomic E-state index is 0.138. The summed E-state index contributed by atoms with van der Waals surface area (Å²) in [6.45, 7) is 7.00. The number of aromatic nitrogens is 3. The summed E-state index contributed by atoms with van der Waals surface area (Å²) in [6, 6.07) is 0.138. The molecule has 0 saturated heterocycles. The molecular formula is C12H19N5S. The molecular weight excluding hydrogens is 246 g/mol. The van der Waals surface area contributed by atoms with Crippen LogP contribution in [0.1, 0.15) is 37.0 Å². The molecule has 1 atom stereocenters. The first-order chi connectivity index (χ1) is 8.63. The summed E-state index contributed by atoms with van der Waals surface area (Å²) in [5.74, 6) is 0.900. The molecule has 2 heterocycles. The van der Waals surface area contributed by atoms with Crippen LogP contribution in [-0.2, 0) is 6.54 Å². The van der Waals surface area contributed by atoms with Gasteiger partial charge in [-0.05, 0) is 20.3 Å². The van der Waals surface area contributed by atoms with Crippen LogP contribution in [-0.4, -0.2) is 14.8 Å². The lowest BCUT2D eigenvalue weighted by Gasteiger charge is -2.14. The summed E-state index contributed by atoms with van der Waals surface area (Å²) in [6.07, 6.45) is 2.84. The van der Waals surface area contributed by atoms with Crippen molar-refractivity contribution in [3.8, 4) is 0 Å². The summed E-state index contributed by atoms with van der Waals surface area (Å²) in [7, 11) is 0. The van der Waals surface area contributed by atoms with Crippen molar-refractivity contribution in [1.82, 2.24) is 14.8 Å². The van der Waals surface area contributed by atoms with Gasteiger partial charge in [0.05, 0.1) is 17.4 Å². The molecule has 0 fully saturated rings. The molecule has 6 heteroatoms. The van der Waals surface area contributed by atoms with Gasteiger partial charge in [-0.2, -0.15) is 5.10 Å². The Bertz CT molecular complexity index is 503. The summed E-state index contributed by atoms with van der Waals surface area (Å²) < 4.78 is 1.94. The number of hydrogen-bond acceptors (Lipinski definition) is 5. The Morgan fingerprint density at radius 2 is 2.33 bits per heavy atom. The third-order valence-electron chi connectivity index (χ3n) is 2.78. The number of hydrogen-bond donors (Lipinski definition) is 2. The van der Waals surface area contributed by atoms with Crippen molar-refractivity contribution in [2.24, 2.45) is 0 Å². The van der Waals surface area contributed by atoms with E-state index in [1.807, 2.05) is 23.2 Å². The van der Waals surface area contributed by atoms with Crippen molar-refractivity contribution in [1.29, 1.82) is 0 Å². The highest BCUT2D eigenvalue weighted by atomic mass is 32.1. The first kappa shape index (κ1) is 12.9. The quantitative estimate of drug-likeness (QED) is 0.872. The van der Waals surface area contributed by atoms with Gasteiger partial charge in [-0.15, -0.1) is 11.3 Å². The normalized spacial score (nSPS) is 12.6. The molecule has 5 nitrogen and oxygen atoms in total. The number of nitrogens with two attached hydrogens (primary N) is 1. The van der Waals surface area contributed by atoms with Crippen molar-refractivity contribution in [2.75, 3.05) is 11.1 Å². The summed E-state index contributed by atoms with van der Waals surface area (Å²) >= 11 is 1.64. The van der Waals surface area contributed by atoms with E-state index in [4.69, 9.17) is 5.73 Å². The van der Waals surface area contributed by atoms with Gasteiger partial charge in [0.2, 0.25) is 0 Å². The predicted molar refractivity (Wildman–Crippen MR) is 75.8 cm³/mol. The van der Waals surface area contributed by atoms with Gasteiger partial charge in [-0.25, -0.2) is 9.67 Å². The van der Waals surface area contributed by atoms with Crippen molar-refractivity contribution in [2.45, 2.75) is 39.8 Å².